The number of nitrogens with one attached hydrogen (secondary N) is 1. The third kappa shape index (κ3) is 2.91. The van der Waals surface area contributed by atoms with Gasteiger partial charge in [0.05, 0.1) is 11.4 Å². The van der Waals surface area contributed by atoms with Crippen LogP contribution in [0.3, 0.4) is 0 Å². The minimum absolute atomic E-state index is 0.929. The first-order valence-electron chi connectivity index (χ1n) is 3.54. The first-order chi connectivity index (χ1) is 5.33. The van der Waals surface area contributed by atoms with E-state index in [2.05, 4.69) is 9.71 Å². The summed E-state index contributed by atoms with van der Waals surface area (Å²) >= 11 is 1.66. The van der Waals surface area contributed by atoms with Gasteiger partial charge in [-0.05, 0) is 26.1 Å². The molecule has 0 aromatic carbocycles. The molecule has 0 bridgehead atoms. The molecule has 0 unspecified atom stereocenters. The van der Waals surface area contributed by atoms with Gasteiger partial charge in [0.2, 0.25) is 0 Å². The lowest BCUT2D eigenvalue weighted by Crippen LogP contribution is -1.95. The molecule has 1 rings (SSSR count). The second-order valence-electron chi connectivity index (χ2n) is 2.26. The van der Waals surface area contributed by atoms with Crippen LogP contribution in [0.1, 0.15) is 11.4 Å². The van der Waals surface area contributed by atoms with E-state index >= 15 is 0 Å². The van der Waals surface area contributed by atoms with Crippen LogP contribution in [0.4, 0.5) is 0 Å². The molecule has 1 N–H and O–H groups in total. The predicted molar refractivity (Wildman–Crippen MR) is 49.3 cm³/mol. The Morgan fingerprint density at radius 3 is 3.00 bits per heavy atom. The van der Waals surface area contributed by atoms with Crippen LogP contribution < -0.4 is 4.72 Å². The summed E-state index contributed by atoms with van der Waals surface area (Å²) in [6.07, 6.45) is 0. The average Bonchev–Trinajstić information content (AvgIpc) is 2.01. The molecule has 2 nitrogen and oxygen atoms in total. The van der Waals surface area contributed by atoms with Crippen LogP contribution in [0.25, 0.3) is 0 Å². The maximum absolute atomic E-state index is 4.35. The van der Waals surface area contributed by atoms with Crippen molar-refractivity contribution in [2.24, 2.45) is 0 Å². The second-order valence-corrected chi connectivity index (χ2v) is 3.25. The van der Waals surface area contributed by atoms with E-state index in [4.69, 9.17) is 0 Å². The third-order valence-corrected chi connectivity index (χ3v) is 2.04. The first-order valence-corrected chi connectivity index (χ1v) is 4.52. The highest BCUT2D eigenvalue weighted by Crippen LogP contribution is 2.05. The van der Waals surface area contributed by atoms with Crippen LogP contribution in [-0.4, -0.2) is 12.0 Å². The number of nitrogens with zero attached hydrogens (tertiary/aromatic N) is 1. The molecular weight excluding hydrogens is 156 g/mol. The van der Waals surface area contributed by atoms with Crippen molar-refractivity contribution in [1.29, 1.82) is 0 Å². The summed E-state index contributed by atoms with van der Waals surface area (Å²) in [6, 6.07) is 6.08. The topological polar surface area (TPSA) is 24.9 Å². The third-order valence-electron chi connectivity index (χ3n) is 1.31. The van der Waals surface area contributed by atoms with E-state index < -0.39 is 0 Å². The van der Waals surface area contributed by atoms with Gasteiger partial charge in [0.1, 0.15) is 0 Å². The van der Waals surface area contributed by atoms with Crippen LogP contribution in [0.5, 0.6) is 0 Å². The summed E-state index contributed by atoms with van der Waals surface area (Å²) < 4.78 is 3.01. The number of aromatic nitrogens is 1. The van der Waals surface area contributed by atoms with Crippen molar-refractivity contribution in [1.82, 2.24) is 9.71 Å². The molecule has 60 valence electrons. The van der Waals surface area contributed by atoms with Crippen molar-refractivity contribution in [2.45, 2.75) is 12.7 Å². The molecule has 1 aromatic rings. The Balaban J connectivity index is 2.56. The van der Waals surface area contributed by atoms with Gasteiger partial charge >= 0.3 is 0 Å². The Morgan fingerprint density at radius 2 is 2.36 bits per heavy atom. The maximum atomic E-state index is 4.35. The van der Waals surface area contributed by atoms with Crippen molar-refractivity contribution in [3.8, 4) is 0 Å². The van der Waals surface area contributed by atoms with Crippen molar-refractivity contribution in [3.05, 3.63) is 29.6 Å². The van der Waals surface area contributed by atoms with Crippen LogP contribution in [-0.2, 0) is 5.75 Å². The standard InChI is InChI=1S/C8H12N2S/c1-7-4-3-5-8(10-7)6-11-9-2/h3-5,9H,6H2,1-2H3. The quantitative estimate of drug-likeness (QED) is 0.696. The van der Waals surface area contributed by atoms with Crippen molar-refractivity contribution >= 4 is 11.9 Å². The Labute approximate surface area is 71.6 Å². The van der Waals surface area contributed by atoms with Gasteiger partial charge in [-0.3, -0.25) is 9.71 Å². The maximum Gasteiger partial charge on any atom is 0.0519 e. The highest BCUT2D eigenvalue weighted by atomic mass is 32.2. The Hall–Kier alpha value is -0.540. The second kappa shape index (κ2) is 4.36. The fourth-order valence-electron chi connectivity index (χ4n) is 0.826. The molecule has 3 heteroatoms. The van der Waals surface area contributed by atoms with Crippen LogP contribution in [0.2, 0.25) is 0 Å². The van der Waals surface area contributed by atoms with Gasteiger partial charge in [0, 0.05) is 5.69 Å². The van der Waals surface area contributed by atoms with Crippen LogP contribution in [0, 0.1) is 6.92 Å². The smallest absolute Gasteiger partial charge is 0.0519 e. The zero-order valence-electron chi connectivity index (χ0n) is 6.79. The van der Waals surface area contributed by atoms with Gasteiger partial charge < -0.3 is 0 Å². The normalized spacial score (nSPS) is 10.0. The first kappa shape index (κ1) is 8.56. The van der Waals surface area contributed by atoms with Gasteiger partial charge in [-0.1, -0.05) is 18.0 Å². The van der Waals surface area contributed by atoms with Crippen LogP contribution >= 0.6 is 11.9 Å². The number of hydrogen-bond donors (Lipinski definition) is 1. The van der Waals surface area contributed by atoms with Crippen molar-refractivity contribution in [3.63, 3.8) is 0 Å². The van der Waals surface area contributed by atoms with Gasteiger partial charge in [-0.15, -0.1) is 0 Å². The fourth-order valence-corrected chi connectivity index (χ4v) is 1.28. The zero-order valence-corrected chi connectivity index (χ0v) is 7.61. The summed E-state index contributed by atoms with van der Waals surface area (Å²) in [4.78, 5) is 4.35. The lowest BCUT2D eigenvalue weighted by Gasteiger charge is -1.99. The average molecular weight is 168 g/mol. The summed E-state index contributed by atoms with van der Waals surface area (Å²) in [6.45, 7) is 2.01. The SMILES string of the molecule is CNSCc1cccc(C)n1. The molecule has 0 aliphatic carbocycles. The van der Waals surface area contributed by atoms with Crippen molar-refractivity contribution < 1.29 is 0 Å². The van der Waals surface area contributed by atoms with E-state index in [-0.39, 0.29) is 0 Å². The molecular formula is C8H12N2S. The molecule has 1 aromatic heterocycles. The highest BCUT2D eigenvalue weighted by molar-refractivity contribution is 7.96. The van der Waals surface area contributed by atoms with Gasteiger partial charge in [-0.2, -0.15) is 0 Å². The molecule has 0 aliphatic heterocycles. The summed E-state index contributed by atoms with van der Waals surface area (Å²) in [5.74, 6) is 0.929. The summed E-state index contributed by atoms with van der Waals surface area (Å²) in [7, 11) is 1.92. The predicted octanol–water partition coefficient (Wildman–Crippen LogP) is 1.76. The number of aryl methyl sites for hydroxylation is 1. The molecule has 0 spiro atoms. The molecule has 0 atom stereocenters. The number of pyridine rings is 1. The lowest BCUT2D eigenvalue weighted by molar-refractivity contribution is 1.10. The molecule has 11 heavy (non-hydrogen) atoms. The summed E-state index contributed by atoms with van der Waals surface area (Å²) in [5, 5.41) is 0. The molecule has 0 fully saturated rings. The van der Waals surface area contributed by atoms with Gasteiger partial charge in [0.25, 0.3) is 0 Å². The molecule has 0 saturated heterocycles. The van der Waals surface area contributed by atoms with E-state index in [9.17, 15) is 0 Å². The summed E-state index contributed by atoms with van der Waals surface area (Å²) in [5.41, 5.74) is 2.21. The fraction of sp³-hybridized carbons (Fsp3) is 0.375. The van der Waals surface area contributed by atoms with E-state index in [1.54, 1.807) is 11.9 Å². The van der Waals surface area contributed by atoms with E-state index in [1.807, 2.05) is 32.2 Å². The minimum atomic E-state index is 0.929. The molecule has 1 heterocycles. The minimum Gasteiger partial charge on any atom is -0.267 e. The monoisotopic (exact) mass is 168 g/mol. The van der Waals surface area contributed by atoms with Gasteiger partial charge in [-0.25, -0.2) is 0 Å². The lowest BCUT2D eigenvalue weighted by atomic mass is 10.3. The van der Waals surface area contributed by atoms with E-state index in [0.29, 0.717) is 0 Å². The Bertz CT molecular complexity index is 225. The molecule has 0 saturated carbocycles. The largest absolute Gasteiger partial charge is 0.267 e. The van der Waals surface area contributed by atoms with E-state index in [0.717, 1.165) is 17.1 Å². The molecule has 0 radical (unpaired) electrons. The van der Waals surface area contributed by atoms with Crippen molar-refractivity contribution in [2.75, 3.05) is 7.05 Å². The van der Waals surface area contributed by atoms with Crippen LogP contribution in [0.15, 0.2) is 18.2 Å². The zero-order chi connectivity index (χ0) is 8.10. The molecule has 0 aliphatic rings. The number of rotatable bonds is 3. The van der Waals surface area contributed by atoms with E-state index in [1.165, 1.54) is 0 Å². The van der Waals surface area contributed by atoms with Gasteiger partial charge in [0.15, 0.2) is 0 Å². The number of hydrogen-bond acceptors (Lipinski definition) is 3. The Morgan fingerprint density at radius 1 is 1.55 bits per heavy atom. The molecule has 0 amide bonds. The highest BCUT2D eigenvalue weighted by Gasteiger charge is 1.92. The Kier molecular flexibility index (Phi) is 3.39.